The van der Waals surface area contributed by atoms with Crippen LogP contribution in [0.25, 0.3) is 0 Å². The molecule has 4 heteroatoms. The minimum Gasteiger partial charge on any atom is -0.381 e. The summed E-state index contributed by atoms with van der Waals surface area (Å²) in [5.74, 6) is 1.48. The highest BCUT2D eigenvalue weighted by atomic mass is 16.5. The molecule has 1 amide bonds. The Balaban J connectivity index is 1.25. The van der Waals surface area contributed by atoms with E-state index < -0.39 is 0 Å². The number of hydrogen-bond donors (Lipinski definition) is 1. The van der Waals surface area contributed by atoms with E-state index in [1.807, 2.05) is 0 Å². The predicted molar refractivity (Wildman–Crippen MR) is 92.3 cm³/mol. The quantitative estimate of drug-likeness (QED) is 0.817. The fourth-order valence-electron chi connectivity index (χ4n) is 4.59. The average Bonchev–Trinajstić information content (AvgIpc) is 3.11. The maximum absolute atomic E-state index is 12.0. The number of nitrogens with zero attached hydrogens (tertiary/aromatic N) is 1. The Morgan fingerprint density at radius 1 is 1.00 bits per heavy atom. The molecule has 1 saturated carbocycles. The van der Waals surface area contributed by atoms with Crippen molar-refractivity contribution in [2.24, 2.45) is 11.8 Å². The maximum atomic E-state index is 12.0. The highest BCUT2D eigenvalue weighted by Crippen LogP contribution is 2.28. The van der Waals surface area contributed by atoms with Crippen LogP contribution in [0.5, 0.6) is 0 Å². The Kier molecular flexibility index (Phi) is 6.76. The molecule has 2 heterocycles. The lowest BCUT2D eigenvalue weighted by Gasteiger charge is -2.36. The Hall–Kier alpha value is -0.610. The van der Waals surface area contributed by atoms with Gasteiger partial charge in [-0.2, -0.15) is 0 Å². The summed E-state index contributed by atoms with van der Waals surface area (Å²) < 4.78 is 5.45. The van der Waals surface area contributed by atoms with E-state index in [2.05, 4.69) is 10.2 Å². The first-order valence-electron chi connectivity index (χ1n) is 9.90. The van der Waals surface area contributed by atoms with E-state index in [0.29, 0.717) is 12.3 Å². The largest absolute Gasteiger partial charge is 0.381 e. The summed E-state index contributed by atoms with van der Waals surface area (Å²) in [6, 6.07) is 0.883. The van der Waals surface area contributed by atoms with Crippen molar-refractivity contribution >= 4 is 5.91 Å². The van der Waals surface area contributed by atoms with Crippen LogP contribution in [0.2, 0.25) is 0 Å². The van der Waals surface area contributed by atoms with E-state index in [9.17, 15) is 4.79 Å². The molecule has 0 radical (unpaired) electrons. The number of likely N-dealkylation sites (tertiary alicyclic amines) is 1. The van der Waals surface area contributed by atoms with Crippen LogP contribution < -0.4 is 5.32 Å². The van der Waals surface area contributed by atoms with E-state index in [1.165, 1.54) is 51.6 Å². The number of carbonyl (C=O) groups excluding carboxylic acids is 1. The Morgan fingerprint density at radius 2 is 1.78 bits per heavy atom. The van der Waals surface area contributed by atoms with Crippen LogP contribution in [0.3, 0.4) is 0 Å². The van der Waals surface area contributed by atoms with E-state index in [1.54, 1.807) is 0 Å². The molecule has 1 N–H and O–H groups in total. The molecule has 3 rings (SSSR count). The van der Waals surface area contributed by atoms with Crippen molar-refractivity contribution < 1.29 is 9.53 Å². The van der Waals surface area contributed by atoms with Crippen LogP contribution in [-0.4, -0.2) is 49.7 Å². The van der Waals surface area contributed by atoms with Crippen LogP contribution in [0.15, 0.2) is 0 Å². The standard InChI is InChI=1S/C19H34N2O2/c22-19(14-17-4-3-13-23-15-17)20-10-7-16-8-11-21(12-9-16)18-5-1-2-6-18/h16-18H,1-15H2,(H,20,22)/t17-/m0/s1. The average molecular weight is 322 g/mol. The summed E-state index contributed by atoms with van der Waals surface area (Å²) in [5.41, 5.74) is 0. The minimum absolute atomic E-state index is 0.226. The van der Waals surface area contributed by atoms with Gasteiger partial charge in [-0.3, -0.25) is 4.79 Å². The third-order valence-corrected chi connectivity index (χ3v) is 6.09. The normalized spacial score (nSPS) is 28.1. The fourth-order valence-corrected chi connectivity index (χ4v) is 4.59. The van der Waals surface area contributed by atoms with Crippen LogP contribution >= 0.6 is 0 Å². The third kappa shape index (κ3) is 5.46. The van der Waals surface area contributed by atoms with Gasteiger partial charge in [-0.25, -0.2) is 0 Å². The predicted octanol–water partition coefficient (Wildman–Crippen LogP) is 2.96. The topological polar surface area (TPSA) is 41.6 Å². The molecule has 1 aliphatic carbocycles. The molecular formula is C19H34N2O2. The van der Waals surface area contributed by atoms with Crippen molar-refractivity contribution in [3.05, 3.63) is 0 Å². The van der Waals surface area contributed by atoms with Gasteiger partial charge in [0.2, 0.25) is 5.91 Å². The zero-order valence-electron chi connectivity index (χ0n) is 14.6. The molecule has 0 bridgehead atoms. The first-order valence-corrected chi connectivity index (χ1v) is 9.90. The number of nitrogens with one attached hydrogen (secondary N) is 1. The van der Waals surface area contributed by atoms with Crippen molar-refractivity contribution in [3.63, 3.8) is 0 Å². The highest BCUT2D eigenvalue weighted by molar-refractivity contribution is 5.76. The molecule has 2 saturated heterocycles. The van der Waals surface area contributed by atoms with Crippen LogP contribution in [-0.2, 0) is 9.53 Å². The number of amides is 1. The van der Waals surface area contributed by atoms with Crippen LogP contribution in [0.4, 0.5) is 0 Å². The molecule has 0 aromatic carbocycles. The summed E-state index contributed by atoms with van der Waals surface area (Å²) in [6.07, 6.45) is 12.4. The number of carbonyl (C=O) groups is 1. The molecule has 1 atom stereocenters. The van der Waals surface area contributed by atoms with Gasteiger partial charge in [-0.15, -0.1) is 0 Å². The second-order valence-electron chi connectivity index (χ2n) is 7.84. The molecule has 0 spiro atoms. The first kappa shape index (κ1) is 17.2. The number of rotatable bonds is 6. The van der Waals surface area contributed by atoms with Gasteiger partial charge in [0.15, 0.2) is 0 Å². The SMILES string of the molecule is O=C(C[C@@H]1CCCOC1)NCCC1CCN(C2CCCC2)CC1. The van der Waals surface area contributed by atoms with Crippen molar-refractivity contribution in [3.8, 4) is 0 Å². The van der Waals surface area contributed by atoms with Crippen molar-refractivity contribution in [2.45, 2.75) is 70.3 Å². The van der Waals surface area contributed by atoms with E-state index in [4.69, 9.17) is 4.74 Å². The third-order valence-electron chi connectivity index (χ3n) is 6.09. The van der Waals surface area contributed by atoms with Crippen molar-refractivity contribution in [1.29, 1.82) is 0 Å². The van der Waals surface area contributed by atoms with Crippen LogP contribution in [0.1, 0.15) is 64.2 Å². The lowest BCUT2D eigenvalue weighted by Crippen LogP contribution is -2.40. The smallest absolute Gasteiger partial charge is 0.220 e. The Morgan fingerprint density at radius 3 is 2.48 bits per heavy atom. The lowest BCUT2D eigenvalue weighted by molar-refractivity contribution is -0.123. The zero-order valence-corrected chi connectivity index (χ0v) is 14.6. The van der Waals surface area contributed by atoms with Gasteiger partial charge in [-0.05, 0) is 69.9 Å². The molecule has 3 aliphatic rings. The highest BCUT2D eigenvalue weighted by Gasteiger charge is 2.27. The first-order chi connectivity index (χ1) is 11.3. The van der Waals surface area contributed by atoms with Gasteiger partial charge >= 0.3 is 0 Å². The van der Waals surface area contributed by atoms with Crippen LogP contribution in [0, 0.1) is 11.8 Å². The monoisotopic (exact) mass is 322 g/mol. The molecule has 0 unspecified atom stereocenters. The molecule has 3 fully saturated rings. The summed E-state index contributed by atoms with van der Waals surface area (Å²) in [6.45, 7) is 5.07. The summed E-state index contributed by atoms with van der Waals surface area (Å²) in [4.78, 5) is 14.7. The molecule has 4 nitrogen and oxygen atoms in total. The molecular weight excluding hydrogens is 288 g/mol. The Labute approximate surface area is 141 Å². The van der Waals surface area contributed by atoms with Gasteiger partial charge in [0, 0.05) is 32.2 Å². The summed E-state index contributed by atoms with van der Waals surface area (Å²) >= 11 is 0. The molecule has 2 aliphatic heterocycles. The molecule has 0 aromatic heterocycles. The Bertz CT molecular complexity index is 354. The minimum atomic E-state index is 0.226. The van der Waals surface area contributed by atoms with E-state index in [0.717, 1.165) is 51.0 Å². The van der Waals surface area contributed by atoms with Gasteiger partial charge in [0.25, 0.3) is 0 Å². The second kappa shape index (κ2) is 9.03. The number of hydrogen-bond acceptors (Lipinski definition) is 3. The second-order valence-corrected chi connectivity index (χ2v) is 7.84. The van der Waals surface area contributed by atoms with Crippen molar-refractivity contribution in [1.82, 2.24) is 10.2 Å². The van der Waals surface area contributed by atoms with Gasteiger partial charge in [-0.1, -0.05) is 12.8 Å². The fraction of sp³-hybridized carbons (Fsp3) is 0.947. The van der Waals surface area contributed by atoms with E-state index >= 15 is 0 Å². The lowest BCUT2D eigenvalue weighted by atomic mass is 9.92. The van der Waals surface area contributed by atoms with Gasteiger partial charge in [0.05, 0.1) is 0 Å². The summed E-state index contributed by atoms with van der Waals surface area (Å²) in [7, 11) is 0. The molecule has 132 valence electrons. The molecule has 0 aromatic rings. The maximum Gasteiger partial charge on any atom is 0.220 e. The van der Waals surface area contributed by atoms with Crippen molar-refractivity contribution in [2.75, 3.05) is 32.8 Å². The van der Waals surface area contributed by atoms with Gasteiger partial charge in [0.1, 0.15) is 0 Å². The molecule has 23 heavy (non-hydrogen) atoms. The summed E-state index contributed by atoms with van der Waals surface area (Å²) in [5, 5.41) is 3.14. The number of ether oxygens (including phenoxy) is 1. The number of piperidine rings is 1. The van der Waals surface area contributed by atoms with Gasteiger partial charge < -0.3 is 15.0 Å². The zero-order chi connectivity index (χ0) is 15.9. The van der Waals surface area contributed by atoms with E-state index in [-0.39, 0.29) is 5.91 Å².